The quantitative estimate of drug-likeness (QED) is 0.778. The lowest BCUT2D eigenvalue weighted by Crippen LogP contribution is -2.45. The van der Waals surface area contributed by atoms with Crippen LogP contribution in [0.5, 0.6) is 5.75 Å². The molecule has 2 unspecified atom stereocenters. The van der Waals surface area contributed by atoms with E-state index >= 15 is 0 Å². The Hall–Kier alpha value is -1.06. The molecule has 0 aromatic heterocycles. The topological polar surface area (TPSA) is 21.7 Å². The van der Waals surface area contributed by atoms with Gasteiger partial charge in [-0.05, 0) is 62.8 Å². The van der Waals surface area contributed by atoms with Crippen LogP contribution in [0.3, 0.4) is 0 Å². The van der Waals surface area contributed by atoms with E-state index in [0.29, 0.717) is 12.2 Å². The molecule has 1 heterocycles. The molecule has 0 bridgehead atoms. The second-order valence-electron chi connectivity index (χ2n) is 6.50. The minimum atomic E-state index is 0.353. The fraction of sp³-hybridized carbons (Fsp3) is 0.667. The monoisotopic (exact) mass is 289 g/mol. The lowest BCUT2D eigenvalue weighted by Gasteiger charge is -2.35. The molecule has 1 fully saturated rings. The first-order chi connectivity index (χ1) is 10.2. The number of rotatable bonds is 5. The van der Waals surface area contributed by atoms with Gasteiger partial charge in [0, 0.05) is 19.6 Å². The van der Waals surface area contributed by atoms with Crippen LogP contribution in [0.4, 0.5) is 0 Å². The predicted molar refractivity (Wildman–Crippen MR) is 85.0 cm³/mol. The minimum Gasteiger partial charge on any atom is -0.494 e. The van der Waals surface area contributed by atoms with Crippen molar-refractivity contribution in [1.29, 1.82) is 0 Å². The molecule has 0 spiro atoms. The second kappa shape index (κ2) is 6.80. The summed E-state index contributed by atoms with van der Waals surface area (Å²) in [6.07, 6.45) is 5.54. The lowest BCUT2D eigenvalue weighted by atomic mass is 10.1. The van der Waals surface area contributed by atoms with Crippen LogP contribution in [0, 0.1) is 0 Å². The Bertz CT molecular complexity index is 464. The summed E-state index contributed by atoms with van der Waals surface area (Å²) in [7, 11) is 0. The van der Waals surface area contributed by atoms with Gasteiger partial charge in [-0.3, -0.25) is 4.90 Å². The van der Waals surface area contributed by atoms with Gasteiger partial charge in [-0.15, -0.1) is 0 Å². The summed E-state index contributed by atoms with van der Waals surface area (Å²) in [6.45, 7) is 8.31. The Labute approximate surface area is 128 Å². The van der Waals surface area contributed by atoms with Crippen molar-refractivity contribution in [2.75, 3.05) is 26.2 Å². The second-order valence-corrected chi connectivity index (χ2v) is 6.50. The standard InChI is InChI=1S/C18H27NO2/c1-14-12-19(13-15(2)21-14)9-4-10-20-18-8-7-16-5-3-6-17(16)11-18/h7-8,11,14-15H,3-6,9-10,12-13H2,1-2H3. The van der Waals surface area contributed by atoms with Crippen LogP contribution in [0.25, 0.3) is 0 Å². The Morgan fingerprint density at radius 3 is 2.71 bits per heavy atom. The molecule has 0 radical (unpaired) electrons. The average Bonchev–Trinajstić information content (AvgIpc) is 2.90. The average molecular weight is 289 g/mol. The summed E-state index contributed by atoms with van der Waals surface area (Å²) in [6, 6.07) is 6.60. The highest BCUT2D eigenvalue weighted by atomic mass is 16.5. The maximum atomic E-state index is 5.92. The molecule has 1 saturated heterocycles. The molecule has 0 amide bonds. The van der Waals surface area contributed by atoms with Crippen molar-refractivity contribution in [2.24, 2.45) is 0 Å². The van der Waals surface area contributed by atoms with Crippen molar-refractivity contribution >= 4 is 0 Å². The maximum absolute atomic E-state index is 5.92. The molecule has 1 aliphatic carbocycles. The van der Waals surface area contributed by atoms with Crippen molar-refractivity contribution in [3.8, 4) is 5.75 Å². The van der Waals surface area contributed by atoms with Gasteiger partial charge >= 0.3 is 0 Å². The zero-order chi connectivity index (χ0) is 14.7. The van der Waals surface area contributed by atoms with E-state index < -0.39 is 0 Å². The molecule has 3 rings (SSSR count). The van der Waals surface area contributed by atoms with Gasteiger partial charge in [0.05, 0.1) is 18.8 Å². The van der Waals surface area contributed by atoms with Crippen molar-refractivity contribution < 1.29 is 9.47 Å². The maximum Gasteiger partial charge on any atom is 0.119 e. The van der Waals surface area contributed by atoms with Gasteiger partial charge in [0.15, 0.2) is 0 Å². The molecule has 1 aromatic carbocycles. The van der Waals surface area contributed by atoms with Gasteiger partial charge in [0.25, 0.3) is 0 Å². The van der Waals surface area contributed by atoms with Crippen molar-refractivity contribution in [1.82, 2.24) is 4.90 Å². The number of benzene rings is 1. The third-order valence-electron chi connectivity index (χ3n) is 4.45. The minimum absolute atomic E-state index is 0.353. The number of morpholine rings is 1. The third kappa shape index (κ3) is 3.98. The Morgan fingerprint density at radius 1 is 1.14 bits per heavy atom. The van der Waals surface area contributed by atoms with Crippen LogP contribution in [-0.4, -0.2) is 43.3 Å². The summed E-state index contributed by atoms with van der Waals surface area (Å²) in [5.74, 6) is 1.04. The van der Waals surface area contributed by atoms with E-state index in [0.717, 1.165) is 38.4 Å². The summed E-state index contributed by atoms with van der Waals surface area (Å²) in [5, 5.41) is 0. The summed E-state index contributed by atoms with van der Waals surface area (Å²) >= 11 is 0. The van der Waals surface area contributed by atoms with Crippen molar-refractivity contribution in [2.45, 2.75) is 51.7 Å². The largest absolute Gasteiger partial charge is 0.494 e. The van der Waals surface area contributed by atoms with Gasteiger partial charge < -0.3 is 9.47 Å². The smallest absolute Gasteiger partial charge is 0.119 e. The molecular formula is C18H27NO2. The molecule has 1 aliphatic heterocycles. The Kier molecular flexibility index (Phi) is 4.81. The molecule has 0 N–H and O–H groups in total. The zero-order valence-electron chi connectivity index (χ0n) is 13.3. The number of hydrogen-bond acceptors (Lipinski definition) is 3. The van der Waals surface area contributed by atoms with Crippen LogP contribution >= 0.6 is 0 Å². The normalized spacial score (nSPS) is 25.8. The fourth-order valence-electron chi connectivity index (χ4n) is 3.58. The van der Waals surface area contributed by atoms with Crippen LogP contribution in [0.15, 0.2) is 18.2 Å². The van der Waals surface area contributed by atoms with E-state index in [1.165, 1.54) is 30.4 Å². The summed E-state index contributed by atoms with van der Waals surface area (Å²) < 4.78 is 11.7. The molecule has 2 aliphatic rings. The van der Waals surface area contributed by atoms with E-state index in [1.807, 2.05) is 0 Å². The molecule has 3 heteroatoms. The number of hydrogen-bond donors (Lipinski definition) is 0. The highest BCUT2D eigenvalue weighted by molar-refractivity contribution is 5.38. The van der Waals surface area contributed by atoms with Crippen LogP contribution in [0.2, 0.25) is 0 Å². The number of nitrogens with zero attached hydrogens (tertiary/aromatic N) is 1. The predicted octanol–water partition coefficient (Wildman–Crippen LogP) is 3.05. The SMILES string of the molecule is CC1CN(CCCOc2ccc3c(c2)CCC3)CC(C)O1. The van der Waals surface area contributed by atoms with Gasteiger partial charge in [-0.2, -0.15) is 0 Å². The molecule has 1 aromatic rings. The molecule has 0 saturated carbocycles. The van der Waals surface area contributed by atoms with E-state index in [1.54, 1.807) is 0 Å². The Morgan fingerprint density at radius 2 is 1.90 bits per heavy atom. The fourth-order valence-corrected chi connectivity index (χ4v) is 3.58. The first-order valence-electron chi connectivity index (χ1n) is 8.33. The van der Waals surface area contributed by atoms with Gasteiger partial charge in [-0.25, -0.2) is 0 Å². The summed E-state index contributed by atoms with van der Waals surface area (Å²) in [4.78, 5) is 2.49. The summed E-state index contributed by atoms with van der Waals surface area (Å²) in [5.41, 5.74) is 3.00. The lowest BCUT2D eigenvalue weighted by molar-refractivity contribution is -0.0686. The first-order valence-corrected chi connectivity index (χ1v) is 8.33. The molecule has 21 heavy (non-hydrogen) atoms. The zero-order valence-corrected chi connectivity index (χ0v) is 13.3. The number of aryl methyl sites for hydroxylation is 2. The Balaban J connectivity index is 1.40. The number of ether oxygens (including phenoxy) is 2. The van der Waals surface area contributed by atoms with E-state index in [2.05, 4.69) is 36.9 Å². The highest BCUT2D eigenvalue weighted by Gasteiger charge is 2.21. The van der Waals surface area contributed by atoms with Crippen LogP contribution < -0.4 is 4.74 Å². The van der Waals surface area contributed by atoms with Crippen LogP contribution in [-0.2, 0) is 17.6 Å². The third-order valence-corrected chi connectivity index (χ3v) is 4.45. The van der Waals surface area contributed by atoms with Crippen molar-refractivity contribution in [3.05, 3.63) is 29.3 Å². The molecular weight excluding hydrogens is 262 g/mol. The van der Waals surface area contributed by atoms with E-state index in [9.17, 15) is 0 Å². The molecule has 116 valence electrons. The van der Waals surface area contributed by atoms with Gasteiger partial charge in [-0.1, -0.05) is 6.07 Å². The first kappa shape index (κ1) is 14.9. The van der Waals surface area contributed by atoms with Gasteiger partial charge in [0.2, 0.25) is 0 Å². The number of fused-ring (bicyclic) bond motifs is 1. The van der Waals surface area contributed by atoms with E-state index in [4.69, 9.17) is 9.47 Å². The van der Waals surface area contributed by atoms with Crippen LogP contribution in [0.1, 0.15) is 37.8 Å². The molecule has 3 nitrogen and oxygen atoms in total. The van der Waals surface area contributed by atoms with Crippen molar-refractivity contribution in [3.63, 3.8) is 0 Å². The van der Waals surface area contributed by atoms with E-state index in [-0.39, 0.29) is 0 Å². The molecule has 2 atom stereocenters. The highest BCUT2D eigenvalue weighted by Crippen LogP contribution is 2.26. The van der Waals surface area contributed by atoms with Gasteiger partial charge in [0.1, 0.15) is 5.75 Å².